The lowest BCUT2D eigenvalue weighted by atomic mass is 10.1. The van der Waals surface area contributed by atoms with Gasteiger partial charge in [-0.05, 0) is 12.5 Å². The van der Waals surface area contributed by atoms with Crippen LogP contribution in [0.25, 0.3) is 0 Å². The maximum atomic E-state index is 12.8. The average molecular weight is 391 g/mol. The third-order valence-corrected chi connectivity index (χ3v) is 6.04. The normalized spacial score (nSPS) is 23.6. The number of thioether (sulfide) groups is 1. The van der Waals surface area contributed by atoms with Crippen molar-refractivity contribution >= 4 is 29.5 Å². The molecular weight excluding hydrogens is 364 g/mol. The summed E-state index contributed by atoms with van der Waals surface area (Å²) in [6.45, 7) is 4.31. The third-order valence-electron chi connectivity index (χ3n) is 5.03. The first kappa shape index (κ1) is 19.7. The van der Waals surface area contributed by atoms with Crippen molar-refractivity contribution in [3.8, 4) is 0 Å². The van der Waals surface area contributed by atoms with Gasteiger partial charge in [-0.15, -0.1) is 0 Å². The van der Waals surface area contributed by atoms with E-state index in [-0.39, 0.29) is 24.3 Å². The van der Waals surface area contributed by atoms with Crippen molar-refractivity contribution in [1.82, 2.24) is 19.8 Å². The zero-order chi connectivity index (χ0) is 19.6. The minimum absolute atomic E-state index is 0.0482. The molecular formula is C19H26N4O3S. The minimum atomic E-state index is -0.550. The number of nitrogens with zero attached hydrogens (tertiary/aromatic N) is 4. The Morgan fingerprint density at radius 2 is 1.93 bits per heavy atom. The Morgan fingerprint density at radius 1 is 1.22 bits per heavy atom. The minimum Gasteiger partial charge on any atom is -0.336 e. The van der Waals surface area contributed by atoms with Crippen molar-refractivity contribution in [3.63, 3.8) is 0 Å². The molecule has 27 heavy (non-hydrogen) atoms. The molecule has 2 heterocycles. The number of hydrogen-bond donors (Lipinski definition) is 0. The predicted octanol–water partition coefficient (Wildman–Crippen LogP) is 1.01. The second kappa shape index (κ2) is 8.31. The summed E-state index contributed by atoms with van der Waals surface area (Å²) in [5.41, 5.74) is 1.26. The van der Waals surface area contributed by atoms with Crippen molar-refractivity contribution in [2.75, 3.05) is 32.4 Å². The molecule has 2 fully saturated rings. The summed E-state index contributed by atoms with van der Waals surface area (Å²) in [5, 5.41) is 3.24. The highest BCUT2D eigenvalue weighted by Gasteiger charge is 2.48. The lowest BCUT2D eigenvalue weighted by Crippen LogP contribution is -2.74. The molecule has 0 saturated carbocycles. The summed E-state index contributed by atoms with van der Waals surface area (Å²) in [6.07, 6.45) is -0.430. The molecule has 1 aromatic carbocycles. The molecule has 0 radical (unpaired) electrons. The van der Waals surface area contributed by atoms with E-state index in [9.17, 15) is 14.4 Å². The van der Waals surface area contributed by atoms with Crippen molar-refractivity contribution in [2.24, 2.45) is 0 Å². The predicted molar refractivity (Wildman–Crippen MR) is 104 cm³/mol. The molecule has 2 aliphatic rings. The molecule has 3 rings (SSSR count). The maximum Gasteiger partial charge on any atom is 0.245 e. The van der Waals surface area contributed by atoms with E-state index >= 15 is 0 Å². The molecule has 1 unspecified atom stereocenters. The van der Waals surface area contributed by atoms with Gasteiger partial charge in [-0.25, -0.2) is 5.01 Å². The summed E-state index contributed by atoms with van der Waals surface area (Å²) < 4.78 is 0. The van der Waals surface area contributed by atoms with Crippen LogP contribution in [-0.4, -0.2) is 82.2 Å². The molecule has 1 aromatic rings. The summed E-state index contributed by atoms with van der Waals surface area (Å²) in [6, 6.07) is 9.67. The first-order valence-corrected chi connectivity index (χ1v) is 10.3. The van der Waals surface area contributed by atoms with Gasteiger partial charge < -0.3 is 9.80 Å². The number of rotatable bonds is 5. The number of piperazine rings is 1. The SMILES string of the molecule is CC(=O)N1C2CN(CCSCc3ccccc3)C(=O)[C@H](C)N2C(=O)CN1C. The Kier molecular flexibility index (Phi) is 6.06. The molecule has 0 aliphatic carbocycles. The molecule has 0 N–H and O–H groups in total. The van der Waals surface area contributed by atoms with Crippen molar-refractivity contribution in [2.45, 2.75) is 31.8 Å². The molecule has 2 atom stereocenters. The molecule has 0 bridgehead atoms. The number of fused-ring (bicyclic) bond motifs is 1. The zero-order valence-electron chi connectivity index (χ0n) is 16.0. The van der Waals surface area contributed by atoms with Crippen LogP contribution in [-0.2, 0) is 20.1 Å². The fourth-order valence-electron chi connectivity index (χ4n) is 3.77. The van der Waals surface area contributed by atoms with Gasteiger partial charge in [-0.2, -0.15) is 11.8 Å². The summed E-state index contributed by atoms with van der Waals surface area (Å²) in [4.78, 5) is 40.7. The van der Waals surface area contributed by atoms with Crippen LogP contribution in [0.2, 0.25) is 0 Å². The van der Waals surface area contributed by atoms with Crippen LogP contribution in [0.1, 0.15) is 19.4 Å². The number of benzene rings is 1. The van der Waals surface area contributed by atoms with E-state index in [0.717, 1.165) is 11.5 Å². The largest absolute Gasteiger partial charge is 0.336 e. The second-order valence-corrected chi connectivity index (χ2v) is 8.06. The molecule has 8 heteroatoms. The van der Waals surface area contributed by atoms with E-state index < -0.39 is 12.2 Å². The number of carbonyl (C=O) groups excluding carboxylic acids is 3. The fourth-order valence-corrected chi connectivity index (χ4v) is 4.69. The van der Waals surface area contributed by atoms with Crippen molar-refractivity contribution in [3.05, 3.63) is 35.9 Å². The molecule has 0 aromatic heterocycles. The topological polar surface area (TPSA) is 64.2 Å². The summed E-state index contributed by atoms with van der Waals surface area (Å²) in [5.74, 6) is 1.42. The van der Waals surface area contributed by atoms with Gasteiger partial charge in [-0.3, -0.25) is 19.4 Å². The van der Waals surface area contributed by atoms with Gasteiger partial charge in [0.15, 0.2) is 0 Å². The van der Waals surface area contributed by atoms with Crippen LogP contribution in [0.3, 0.4) is 0 Å². The third kappa shape index (κ3) is 4.11. The molecule has 3 amide bonds. The van der Waals surface area contributed by atoms with Crippen LogP contribution < -0.4 is 0 Å². The standard InChI is InChI=1S/C19H26N4O3S/c1-14-19(26)21(9-10-27-13-16-7-5-4-6-8-16)11-17-22(14)18(25)12-20(3)23(17)15(2)24/h4-8,14,17H,9-13H2,1-3H3/t14-,17?/m0/s1. The highest BCUT2D eigenvalue weighted by Crippen LogP contribution is 2.25. The molecule has 2 aliphatic heterocycles. The van der Waals surface area contributed by atoms with E-state index in [1.165, 1.54) is 12.5 Å². The Labute approximate surface area is 164 Å². The van der Waals surface area contributed by atoms with Gasteiger partial charge in [0.1, 0.15) is 12.2 Å². The van der Waals surface area contributed by atoms with Gasteiger partial charge in [0, 0.05) is 32.0 Å². The van der Waals surface area contributed by atoms with E-state index in [4.69, 9.17) is 0 Å². The van der Waals surface area contributed by atoms with Gasteiger partial charge in [0.25, 0.3) is 0 Å². The van der Waals surface area contributed by atoms with E-state index in [0.29, 0.717) is 13.1 Å². The lowest BCUT2D eigenvalue weighted by molar-refractivity contribution is -0.200. The van der Waals surface area contributed by atoms with Crippen LogP contribution in [0.15, 0.2) is 30.3 Å². The first-order valence-electron chi connectivity index (χ1n) is 9.12. The smallest absolute Gasteiger partial charge is 0.245 e. The lowest BCUT2D eigenvalue weighted by Gasteiger charge is -2.53. The van der Waals surface area contributed by atoms with Crippen LogP contribution >= 0.6 is 11.8 Å². The van der Waals surface area contributed by atoms with E-state index in [1.807, 2.05) is 18.2 Å². The summed E-state index contributed by atoms with van der Waals surface area (Å²) >= 11 is 1.78. The Bertz CT molecular complexity index is 714. The number of carbonyl (C=O) groups is 3. The Hall–Kier alpha value is -2.06. The maximum absolute atomic E-state index is 12.8. The zero-order valence-corrected chi connectivity index (χ0v) is 16.8. The quantitative estimate of drug-likeness (QED) is 0.703. The van der Waals surface area contributed by atoms with Gasteiger partial charge in [0.05, 0.1) is 13.1 Å². The first-order chi connectivity index (χ1) is 12.9. The van der Waals surface area contributed by atoms with E-state index in [1.54, 1.807) is 45.6 Å². The summed E-state index contributed by atoms with van der Waals surface area (Å²) in [7, 11) is 1.73. The highest BCUT2D eigenvalue weighted by molar-refractivity contribution is 7.98. The fraction of sp³-hybridized carbons (Fsp3) is 0.526. The monoisotopic (exact) mass is 390 g/mol. The number of hydrazine groups is 1. The number of amides is 3. The molecule has 7 nitrogen and oxygen atoms in total. The van der Waals surface area contributed by atoms with Crippen LogP contribution in [0, 0.1) is 0 Å². The Balaban J connectivity index is 1.64. The van der Waals surface area contributed by atoms with Crippen LogP contribution in [0.5, 0.6) is 0 Å². The van der Waals surface area contributed by atoms with Crippen molar-refractivity contribution in [1.29, 1.82) is 0 Å². The van der Waals surface area contributed by atoms with Gasteiger partial charge in [-0.1, -0.05) is 30.3 Å². The van der Waals surface area contributed by atoms with Crippen LogP contribution in [0.4, 0.5) is 0 Å². The molecule has 146 valence electrons. The second-order valence-electron chi connectivity index (χ2n) is 6.96. The number of likely N-dealkylation sites (N-methyl/N-ethyl adjacent to an activating group) is 1. The molecule has 2 saturated heterocycles. The molecule has 0 spiro atoms. The van der Waals surface area contributed by atoms with Crippen molar-refractivity contribution < 1.29 is 14.4 Å². The highest BCUT2D eigenvalue weighted by atomic mass is 32.2. The Morgan fingerprint density at radius 3 is 2.59 bits per heavy atom. The number of hydrogen-bond acceptors (Lipinski definition) is 5. The van der Waals surface area contributed by atoms with E-state index in [2.05, 4.69) is 12.1 Å². The average Bonchev–Trinajstić information content (AvgIpc) is 2.62. The van der Waals surface area contributed by atoms with Gasteiger partial charge in [0.2, 0.25) is 17.7 Å². The van der Waals surface area contributed by atoms with Gasteiger partial charge >= 0.3 is 0 Å².